The lowest BCUT2D eigenvalue weighted by Crippen LogP contribution is -2.18. The molecule has 0 heterocycles. The van der Waals surface area contributed by atoms with Crippen LogP contribution in [0.2, 0.25) is 0 Å². The van der Waals surface area contributed by atoms with E-state index in [9.17, 15) is 4.79 Å². The van der Waals surface area contributed by atoms with Gasteiger partial charge in [-0.15, -0.1) is 0 Å². The second kappa shape index (κ2) is 18.9. The second-order valence-electron chi connectivity index (χ2n) is 10.1. The lowest BCUT2D eigenvalue weighted by molar-refractivity contribution is 0.104. The van der Waals surface area contributed by atoms with Crippen LogP contribution in [0.1, 0.15) is 93.0 Å². The quantitative estimate of drug-likeness (QED) is 0.0688. The van der Waals surface area contributed by atoms with Gasteiger partial charge in [0.1, 0.15) is 0 Å². The van der Waals surface area contributed by atoms with Gasteiger partial charge in [0.25, 0.3) is 0 Å². The Bertz CT molecular complexity index is 1060. The van der Waals surface area contributed by atoms with E-state index in [-0.39, 0.29) is 5.78 Å². The first-order valence-electron chi connectivity index (χ1n) is 14.7. The molecule has 0 atom stereocenters. The number of benzene rings is 3. The molecule has 0 aliphatic heterocycles. The maximum absolute atomic E-state index is 12.4. The van der Waals surface area contributed by atoms with Gasteiger partial charge in [0.2, 0.25) is 0 Å². The standard InChI is InChI=1S/C35H45NO3/c37-29-17-9-7-5-3-1-2-4-6-8-10-18-30-39-36(33-21-15-12-16-22-33)34-26-23-31(24-27-34)25-28-35(38)32-19-13-11-14-20-32/h11-16,19-28,37H,1-10,17-18,29-30H2/b28-25+. The zero-order chi connectivity index (χ0) is 27.4. The predicted molar refractivity (Wildman–Crippen MR) is 163 cm³/mol. The van der Waals surface area contributed by atoms with Crippen LogP contribution in [0, 0.1) is 0 Å². The van der Waals surface area contributed by atoms with E-state index in [2.05, 4.69) is 12.1 Å². The molecule has 4 heteroatoms. The molecule has 0 aliphatic carbocycles. The second-order valence-corrected chi connectivity index (χ2v) is 10.1. The molecule has 0 saturated carbocycles. The summed E-state index contributed by atoms with van der Waals surface area (Å²) in [6, 6.07) is 27.6. The number of nitrogens with zero attached hydrogens (tertiary/aromatic N) is 1. The number of ketones is 1. The van der Waals surface area contributed by atoms with E-state index >= 15 is 0 Å². The van der Waals surface area contributed by atoms with Crippen molar-refractivity contribution in [1.29, 1.82) is 0 Å². The summed E-state index contributed by atoms with van der Waals surface area (Å²) in [5, 5.41) is 10.7. The van der Waals surface area contributed by atoms with Gasteiger partial charge >= 0.3 is 0 Å². The Morgan fingerprint density at radius 1 is 0.615 bits per heavy atom. The smallest absolute Gasteiger partial charge is 0.185 e. The lowest BCUT2D eigenvalue weighted by atomic mass is 10.1. The number of allylic oxidation sites excluding steroid dienone is 1. The first-order valence-corrected chi connectivity index (χ1v) is 14.7. The molecule has 0 saturated heterocycles. The Hall–Kier alpha value is -3.21. The Morgan fingerprint density at radius 2 is 1.10 bits per heavy atom. The SMILES string of the molecule is O=C(/C=C/c1ccc(N(OCCCCCCCCCCCCCCO)c2ccccc2)cc1)c1ccccc1. The number of hydrogen-bond donors (Lipinski definition) is 1. The number of aliphatic hydroxyl groups is 1. The van der Waals surface area contributed by atoms with Crippen LogP contribution in [0.5, 0.6) is 0 Å². The third kappa shape index (κ3) is 12.0. The van der Waals surface area contributed by atoms with Crippen LogP contribution in [0.3, 0.4) is 0 Å². The largest absolute Gasteiger partial charge is 0.396 e. The van der Waals surface area contributed by atoms with Crippen LogP contribution in [0.25, 0.3) is 6.08 Å². The van der Waals surface area contributed by atoms with Crippen molar-refractivity contribution in [3.05, 3.63) is 102 Å². The topological polar surface area (TPSA) is 49.8 Å². The van der Waals surface area contributed by atoms with Crippen LogP contribution >= 0.6 is 0 Å². The Balaban J connectivity index is 1.39. The highest BCUT2D eigenvalue weighted by atomic mass is 16.7. The molecule has 39 heavy (non-hydrogen) atoms. The minimum absolute atomic E-state index is 0.000716. The number of carbonyl (C=O) groups is 1. The van der Waals surface area contributed by atoms with Gasteiger partial charge < -0.3 is 5.11 Å². The van der Waals surface area contributed by atoms with Crippen LogP contribution < -0.4 is 5.06 Å². The lowest BCUT2D eigenvalue weighted by Gasteiger charge is -2.24. The normalized spacial score (nSPS) is 11.2. The van der Waals surface area contributed by atoms with E-state index in [1.54, 1.807) is 6.08 Å². The molecule has 4 nitrogen and oxygen atoms in total. The van der Waals surface area contributed by atoms with Gasteiger partial charge in [-0.2, -0.15) is 0 Å². The van der Waals surface area contributed by atoms with Gasteiger partial charge in [-0.3, -0.25) is 9.63 Å². The summed E-state index contributed by atoms with van der Waals surface area (Å²) < 4.78 is 0. The van der Waals surface area contributed by atoms with E-state index in [1.165, 1.54) is 64.2 Å². The van der Waals surface area contributed by atoms with Crippen LogP contribution in [0.4, 0.5) is 11.4 Å². The van der Waals surface area contributed by atoms with Crippen molar-refractivity contribution in [1.82, 2.24) is 0 Å². The van der Waals surface area contributed by atoms with Crippen LogP contribution in [0.15, 0.2) is 91.0 Å². The molecule has 0 bridgehead atoms. The van der Waals surface area contributed by atoms with Crippen molar-refractivity contribution in [3.63, 3.8) is 0 Å². The first kappa shape index (κ1) is 30.3. The van der Waals surface area contributed by atoms with Gasteiger partial charge in [-0.05, 0) is 48.7 Å². The third-order valence-corrected chi connectivity index (χ3v) is 6.88. The maximum Gasteiger partial charge on any atom is 0.185 e. The van der Waals surface area contributed by atoms with E-state index in [1.807, 2.05) is 83.9 Å². The molecule has 0 fully saturated rings. The zero-order valence-electron chi connectivity index (χ0n) is 23.3. The summed E-state index contributed by atoms with van der Waals surface area (Å²) in [6.45, 7) is 1.01. The molecule has 1 N–H and O–H groups in total. The molecular formula is C35H45NO3. The molecule has 0 aliphatic rings. The summed E-state index contributed by atoms with van der Waals surface area (Å²) in [6.07, 6.45) is 18.3. The van der Waals surface area contributed by atoms with Gasteiger partial charge in [0.15, 0.2) is 5.78 Å². The van der Waals surface area contributed by atoms with E-state index in [4.69, 9.17) is 9.94 Å². The van der Waals surface area contributed by atoms with Crippen LogP contribution in [-0.2, 0) is 4.84 Å². The number of para-hydroxylation sites is 1. The number of anilines is 2. The fraction of sp³-hybridized carbons (Fsp3) is 0.400. The van der Waals surface area contributed by atoms with E-state index in [0.717, 1.165) is 29.8 Å². The van der Waals surface area contributed by atoms with Gasteiger partial charge in [0, 0.05) is 12.2 Å². The van der Waals surface area contributed by atoms with E-state index < -0.39 is 0 Å². The first-order chi connectivity index (χ1) is 19.3. The highest BCUT2D eigenvalue weighted by Crippen LogP contribution is 2.26. The van der Waals surface area contributed by atoms with Gasteiger partial charge in [-0.1, -0.05) is 131 Å². The average molecular weight is 528 g/mol. The van der Waals surface area contributed by atoms with Gasteiger partial charge in [-0.25, -0.2) is 5.06 Å². The highest BCUT2D eigenvalue weighted by molar-refractivity contribution is 6.06. The minimum atomic E-state index is -0.000716. The van der Waals surface area contributed by atoms with Crippen molar-refractivity contribution in [3.8, 4) is 0 Å². The Morgan fingerprint density at radius 3 is 1.67 bits per heavy atom. The van der Waals surface area contributed by atoms with Crippen molar-refractivity contribution >= 4 is 23.2 Å². The third-order valence-electron chi connectivity index (χ3n) is 6.88. The molecule has 3 aromatic rings. The predicted octanol–water partition coefficient (Wildman–Crippen LogP) is 9.33. The molecule has 0 aromatic heterocycles. The number of aliphatic hydroxyl groups excluding tert-OH is 1. The summed E-state index contributed by atoms with van der Waals surface area (Å²) in [5.74, 6) is -0.000716. The number of rotatable bonds is 20. The minimum Gasteiger partial charge on any atom is -0.396 e. The van der Waals surface area contributed by atoms with E-state index in [0.29, 0.717) is 18.8 Å². The van der Waals surface area contributed by atoms with Crippen molar-refractivity contribution in [2.75, 3.05) is 18.3 Å². The van der Waals surface area contributed by atoms with Crippen molar-refractivity contribution < 1.29 is 14.7 Å². The molecule has 0 amide bonds. The average Bonchev–Trinajstić information content (AvgIpc) is 2.99. The number of carbonyl (C=O) groups excluding carboxylic acids is 1. The maximum atomic E-state index is 12.4. The molecule has 3 rings (SSSR count). The molecule has 208 valence electrons. The molecule has 0 radical (unpaired) electrons. The van der Waals surface area contributed by atoms with Crippen molar-refractivity contribution in [2.24, 2.45) is 0 Å². The number of unbranched alkanes of at least 4 members (excludes halogenated alkanes) is 11. The monoisotopic (exact) mass is 527 g/mol. The molecule has 3 aromatic carbocycles. The fourth-order valence-corrected chi connectivity index (χ4v) is 4.59. The van der Waals surface area contributed by atoms with Gasteiger partial charge in [0.05, 0.1) is 18.0 Å². The highest BCUT2D eigenvalue weighted by Gasteiger charge is 2.10. The summed E-state index contributed by atoms with van der Waals surface area (Å²) in [7, 11) is 0. The fourth-order valence-electron chi connectivity index (χ4n) is 4.59. The summed E-state index contributed by atoms with van der Waals surface area (Å²) >= 11 is 0. The zero-order valence-corrected chi connectivity index (χ0v) is 23.3. The molecule has 0 unspecified atom stereocenters. The summed E-state index contributed by atoms with van der Waals surface area (Å²) in [5.41, 5.74) is 3.62. The Labute approximate surface area is 235 Å². The summed E-state index contributed by atoms with van der Waals surface area (Å²) in [4.78, 5) is 18.6. The molecule has 0 spiro atoms. The van der Waals surface area contributed by atoms with Crippen LogP contribution in [-0.4, -0.2) is 24.1 Å². The molecular weight excluding hydrogens is 482 g/mol. The number of hydrogen-bond acceptors (Lipinski definition) is 4. The van der Waals surface area contributed by atoms with Crippen molar-refractivity contribution in [2.45, 2.75) is 77.0 Å². The Kier molecular flexibility index (Phi) is 14.7.